The summed E-state index contributed by atoms with van der Waals surface area (Å²) in [5, 5.41) is 5.31. The second-order valence-corrected chi connectivity index (χ2v) is 10.3. The number of fused-ring (bicyclic) bond motifs is 1. The fourth-order valence-electron chi connectivity index (χ4n) is 4.46. The summed E-state index contributed by atoms with van der Waals surface area (Å²) in [5.41, 5.74) is 3.34. The van der Waals surface area contributed by atoms with E-state index in [4.69, 9.17) is 0 Å². The molecule has 0 radical (unpaired) electrons. The molecule has 1 aliphatic heterocycles. The molecule has 0 saturated heterocycles. The Morgan fingerprint density at radius 3 is 2.34 bits per heavy atom. The Balaban J connectivity index is 1.44. The fourth-order valence-corrected chi connectivity index (χ4v) is 4.86. The number of hydrogen-bond acceptors (Lipinski definition) is 3. The summed E-state index contributed by atoms with van der Waals surface area (Å²) >= 11 is 3.48. The predicted octanol–water partition coefficient (Wildman–Crippen LogP) is 4.29. The van der Waals surface area contributed by atoms with Gasteiger partial charge in [0.2, 0.25) is 17.7 Å². The smallest absolute Gasteiger partial charge is 0.245 e. The van der Waals surface area contributed by atoms with Gasteiger partial charge in [0.1, 0.15) is 23.6 Å². The van der Waals surface area contributed by atoms with Gasteiger partial charge in [0.05, 0.1) is 0 Å². The third kappa shape index (κ3) is 7.04. The zero-order valence-corrected chi connectivity index (χ0v) is 22.4. The van der Waals surface area contributed by atoms with E-state index in [1.165, 1.54) is 12.5 Å². The van der Waals surface area contributed by atoms with Crippen LogP contribution in [0.25, 0.3) is 0 Å². The van der Waals surface area contributed by atoms with Crippen molar-refractivity contribution < 1.29 is 23.2 Å². The van der Waals surface area contributed by atoms with E-state index in [0.717, 1.165) is 33.8 Å². The molecule has 0 spiro atoms. The minimum absolute atomic E-state index is 0.139. The fraction of sp³-hybridized carbons (Fsp3) is 0.276. The van der Waals surface area contributed by atoms with Crippen LogP contribution in [0.3, 0.4) is 0 Å². The third-order valence-corrected chi connectivity index (χ3v) is 7.06. The van der Waals surface area contributed by atoms with Gasteiger partial charge in [0.15, 0.2) is 0 Å². The highest BCUT2D eigenvalue weighted by Crippen LogP contribution is 2.24. The predicted molar refractivity (Wildman–Crippen MR) is 143 cm³/mol. The maximum atomic E-state index is 13.6. The van der Waals surface area contributed by atoms with Gasteiger partial charge in [-0.25, -0.2) is 8.78 Å². The Morgan fingerprint density at radius 2 is 1.63 bits per heavy atom. The van der Waals surface area contributed by atoms with Crippen LogP contribution in [0, 0.1) is 17.6 Å². The first-order valence-corrected chi connectivity index (χ1v) is 13.1. The lowest BCUT2D eigenvalue weighted by atomic mass is 9.98. The molecule has 0 fully saturated rings. The maximum Gasteiger partial charge on any atom is 0.245 e. The minimum atomic E-state index is -1.13. The Bertz CT molecular complexity index is 1320. The van der Waals surface area contributed by atoms with Crippen molar-refractivity contribution in [3.63, 3.8) is 0 Å². The van der Waals surface area contributed by atoms with Crippen LogP contribution in [0.4, 0.5) is 8.78 Å². The molecule has 2 N–H and O–H groups in total. The largest absolute Gasteiger partial charge is 0.351 e. The molecule has 2 unspecified atom stereocenters. The first-order valence-electron chi connectivity index (χ1n) is 12.3. The molecule has 0 saturated carbocycles. The second-order valence-electron chi connectivity index (χ2n) is 9.39. The van der Waals surface area contributed by atoms with Crippen molar-refractivity contribution in [1.29, 1.82) is 0 Å². The summed E-state index contributed by atoms with van der Waals surface area (Å²) in [5.74, 6) is -4.09. The Morgan fingerprint density at radius 1 is 0.921 bits per heavy atom. The van der Waals surface area contributed by atoms with Crippen LogP contribution >= 0.6 is 15.9 Å². The SMILES string of the molecule is CC(C(=O)NCc1cc(F)cc(F)c1)C(=O)NC(Cc1ccccc1)C(=O)N1CCc2ccc(Br)cc2C1. The number of amides is 3. The summed E-state index contributed by atoms with van der Waals surface area (Å²) in [6, 6.07) is 17.5. The second kappa shape index (κ2) is 12.3. The number of halogens is 3. The Kier molecular flexibility index (Phi) is 8.89. The van der Waals surface area contributed by atoms with E-state index in [2.05, 4.69) is 26.6 Å². The van der Waals surface area contributed by atoms with Gasteiger partial charge in [-0.3, -0.25) is 14.4 Å². The standard InChI is InChI=1S/C29H28BrF2N3O3/c1-18(27(36)33-16-20-11-24(31)15-25(32)12-20)28(37)34-26(13-19-5-3-2-4-6-19)29(38)35-10-9-21-7-8-23(30)14-22(21)17-35/h2-8,11-12,14-15,18,26H,9-10,13,16-17H2,1H3,(H,33,36)(H,34,37). The summed E-state index contributed by atoms with van der Waals surface area (Å²) in [4.78, 5) is 41.1. The van der Waals surface area contributed by atoms with E-state index in [1.807, 2.05) is 48.5 Å². The Hall–Kier alpha value is -3.59. The molecule has 9 heteroatoms. The summed E-state index contributed by atoms with van der Waals surface area (Å²) in [6.45, 7) is 2.24. The van der Waals surface area contributed by atoms with Crippen LogP contribution < -0.4 is 10.6 Å². The molecule has 4 rings (SSSR count). The highest BCUT2D eigenvalue weighted by molar-refractivity contribution is 9.10. The molecule has 3 amide bonds. The first-order chi connectivity index (χ1) is 18.2. The number of carbonyl (C=O) groups is 3. The molecule has 198 valence electrons. The van der Waals surface area contributed by atoms with Crippen molar-refractivity contribution >= 4 is 33.7 Å². The number of benzene rings is 3. The van der Waals surface area contributed by atoms with Gasteiger partial charge < -0.3 is 15.5 Å². The van der Waals surface area contributed by atoms with Crippen LogP contribution in [0.5, 0.6) is 0 Å². The summed E-state index contributed by atoms with van der Waals surface area (Å²) in [7, 11) is 0. The molecule has 0 aromatic heterocycles. The van der Waals surface area contributed by atoms with Crippen molar-refractivity contribution in [2.24, 2.45) is 5.92 Å². The highest BCUT2D eigenvalue weighted by atomic mass is 79.9. The molecule has 6 nitrogen and oxygen atoms in total. The van der Waals surface area contributed by atoms with E-state index < -0.39 is 35.4 Å². The molecular formula is C29H28BrF2N3O3. The van der Waals surface area contributed by atoms with Crippen LogP contribution in [0.15, 0.2) is 71.2 Å². The van der Waals surface area contributed by atoms with Gasteiger partial charge in [0, 0.05) is 36.6 Å². The van der Waals surface area contributed by atoms with Gasteiger partial charge >= 0.3 is 0 Å². The molecule has 38 heavy (non-hydrogen) atoms. The van der Waals surface area contributed by atoms with Crippen LogP contribution in [-0.4, -0.2) is 35.2 Å². The van der Waals surface area contributed by atoms with Crippen molar-refractivity contribution in [3.05, 3.63) is 105 Å². The van der Waals surface area contributed by atoms with Crippen LogP contribution in [-0.2, 0) is 40.3 Å². The van der Waals surface area contributed by atoms with E-state index >= 15 is 0 Å². The molecule has 1 heterocycles. The lowest BCUT2D eigenvalue weighted by Gasteiger charge is -2.32. The van der Waals surface area contributed by atoms with Gasteiger partial charge in [-0.1, -0.05) is 52.3 Å². The van der Waals surface area contributed by atoms with Gasteiger partial charge in [-0.2, -0.15) is 0 Å². The molecule has 0 aliphatic carbocycles. The third-order valence-electron chi connectivity index (χ3n) is 6.57. The summed E-state index contributed by atoms with van der Waals surface area (Å²) in [6.07, 6.45) is 0.976. The minimum Gasteiger partial charge on any atom is -0.351 e. The maximum absolute atomic E-state index is 13.6. The van der Waals surface area contributed by atoms with Crippen LogP contribution in [0.1, 0.15) is 29.2 Å². The van der Waals surface area contributed by atoms with Gasteiger partial charge in [-0.15, -0.1) is 0 Å². The first kappa shape index (κ1) is 27.4. The van der Waals surface area contributed by atoms with E-state index in [1.54, 1.807) is 4.90 Å². The van der Waals surface area contributed by atoms with E-state index in [9.17, 15) is 23.2 Å². The number of hydrogen-bond donors (Lipinski definition) is 2. The zero-order valence-electron chi connectivity index (χ0n) is 20.8. The van der Waals surface area contributed by atoms with Gasteiger partial charge in [0.25, 0.3) is 0 Å². The average molecular weight is 584 g/mol. The van der Waals surface area contributed by atoms with Crippen molar-refractivity contribution in [1.82, 2.24) is 15.5 Å². The number of rotatable bonds is 8. The molecule has 3 aromatic carbocycles. The molecule has 3 aromatic rings. The molecule has 1 aliphatic rings. The molecule has 2 atom stereocenters. The molecule has 0 bridgehead atoms. The van der Waals surface area contributed by atoms with Crippen molar-refractivity contribution in [2.45, 2.75) is 38.9 Å². The average Bonchev–Trinajstić information content (AvgIpc) is 2.90. The van der Waals surface area contributed by atoms with Crippen molar-refractivity contribution in [2.75, 3.05) is 6.54 Å². The number of carbonyl (C=O) groups excluding carboxylic acids is 3. The normalized spacial score (nSPS) is 14.3. The quantitative estimate of drug-likeness (QED) is 0.388. The monoisotopic (exact) mass is 583 g/mol. The zero-order chi connectivity index (χ0) is 27.2. The summed E-state index contributed by atoms with van der Waals surface area (Å²) < 4.78 is 27.8. The molecular weight excluding hydrogens is 556 g/mol. The Labute approximate surface area is 228 Å². The van der Waals surface area contributed by atoms with Crippen molar-refractivity contribution in [3.8, 4) is 0 Å². The van der Waals surface area contributed by atoms with Crippen LogP contribution in [0.2, 0.25) is 0 Å². The van der Waals surface area contributed by atoms with E-state index in [-0.39, 0.29) is 24.4 Å². The van der Waals surface area contributed by atoms with Gasteiger partial charge in [-0.05, 0) is 59.9 Å². The lowest BCUT2D eigenvalue weighted by molar-refractivity contribution is -0.140. The number of nitrogens with zero attached hydrogens (tertiary/aromatic N) is 1. The topological polar surface area (TPSA) is 78.5 Å². The van der Waals surface area contributed by atoms with E-state index in [0.29, 0.717) is 19.5 Å². The number of nitrogens with one attached hydrogen (secondary N) is 2. The highest BCUT2D eigenvalue weighted by Gasteiger charge is 2.31. The lowest BCUT2D eigenvalue weighted by Crippen LogP contribution is -2.53.